The highest BCUT2D eigenvalue weighted by molar-refractivity contribution is 5.29. The highest BCUT2D eigenvalue weighted by Crippen LogP contribution is 2.44. The third kappa shape index (κ3) is 2.06. The van der Waals surface area contributed by atoms with Gasteiger partial charge in [0.25, 0.3) is 0 Å². The van der Waals surface area contributed by atoms with Gasteiger partial charge in [0.1, 0.15) is 5.82 Å². The van der Waals surface area contributed by atoms with Crippen LogP contribution in [0.15, 0.2) is 18.2 Å². The van der Waals surface area contributed by atoms with E-state index in [1.165, 1.54) is 12.8 Å². The summed E-state index contributed by atoms with van der Waals surface area (Å²) in [6, 6.07) is 6.31. The van der Waals surface area contributed by atoms with Gasteiger partial charge in [-0.1, -0.05) is 17.7 Å². The molecule has 1 aliphatic carbocycles. The van der Waals surface area contributed by atoms with Crippen LogP contribution in [0.2, 0.25) is 0 Å². The van der Waals surface area contributed by atoms with Crippen LogP contribution < -0.4 is 5.73 Å². The first-order valence-electron chi connectivity index (χ1n) is 6.92. The zero-order valence-corrected chi connectivity index (χ0v) is 10.9. The Balaban J connectivity index is 1.97. The number of nitrogens with two attached hydrogens (primary N) is 1. The molecular formula is C15H21FN2. The molecule has 1 saturated carbocycles. The number of likely N-dealkylation sites (tertiary alicyclic amines) is 1. The summed E-state index contributed by atoms with van der Waals surface area (Å²) in [6.45, 7) is 3.75. The van der Waals surface area contributed by atoms with Crippen LogP contribution in [0.25, 0.3) is 0 Å². The van der Waals surface area contributed by atoms with Crippen molar-refractivity contribution >= 4 is 0 Å². The second-order valence-electron chi connectivity index (χ2n) is 5.72. The molecule has 2 N–H and O–H groups in total. The van der Waals surface area contributed by atoms with Gasteiger partial charge in [-0.15, -0.1) is 0 Å². The van der Waals surface area contributed by atoms with E-state index in [0.29, 0.717) is 18.5 Å². The maximum absolute atomic E-state index is 14.1. The standard InChI is InChI=1S/C15H21FN2/c1-10-2-5-14(16)13(8-10)15-11(9-17)6-7-18(15)12-3-4-12/h2,5,8,11-12,15H,3-4,6-7,9,17H2,1H3. The summed E-state index contributed by atoms with van der Waals surface area (Å²) in [5, 5.41) is 0. The summed E-state index contributed by atoms with van der Waals surface area (Å²) in [6.07, 6.45) is 3.63. The zero-order chi connectivity index (χ0) is 12.7. The first-order valence-corrected chi connectivity index (χ1v) is 6.92. The Bertz CT molecular complexity index is 442. The summed E-state index contributed by atoms with van der Waals surface area (Å²) < 4.78 is 14.1. The van der Waals surface area contributed by atoms with Crippen molar-refractivity contribution in [2.45, 2.75) is 38.3 Å². The number of hydrogen-bond acceptors (Lipinski definition) is 2. The van der Waals surface area contributed by atoms with E-state index < -0.39 is 0 Å². The fraction of sp³-hybridized carbons (Fsp3) is 0.600. The molecule has 2 atom stereocenters. The molecule has 3 heteroatoms. The molecule has 1 aromatic carbocycles. The van der Waals surface area contributed by atoms with Gasteiger partial charge in [-0.3, -0.25) is 4.90 Å². The van der Waals surface area contributed by atoms with E-state index in [-0.39, 0.29) is 11.9 Å². The highest BCUT2D eigenvalue weighted by atomic mass is 19.1. The molecular weight excluding hydrogens is 227 g/mol. The lowest BCUT2D eigenvalue weighted by atomic mass is 9.92. The molecule has 0 bridgehead atoms. The molecule has 1 heterocycles. The Morgan fingerprint density at radius 1 is 1.33 bits per heavy atom. The molecule has 1 aromatic rings. The lowest BCUT2D eigenvalue weighted by Gasteiger charge is -2.28. The highest BCUT2D eigenvalue weighted by Gasteiger charge is 2.42. The topological polar surface area (TPSA) is 29.3 Å². The van der Waals surface area contributed by atoms with E-state index in [1.54, 1.807) is 6.07 Å². The third-order valence-corrected chi connectivity index (χ3v) is 4.35. The van der Waals surface area contributed by atoms with Crippen molar-refractivity contribution in [2.24, 2.45) is 11.7 Å². The molecule has 0 amide bonds. The minimum atomic E-state index is -0.0726. The first-order chi connectivity index (χ1) is 8.70. The predicted octanol–water partition coefficient (Wildman–Crippen LogP) is 2.62. The number of rotatable bonds is 3. The number of benzene rings is 1. The quantitative estimate of drug-likeness (QED) is 0.891. The van der Waals surface area contributed by atoms with Crippen molar-refractivity contribution in [3.05, 3.63) is 35.1 Å². The Kier molecular flexibility index (Phi) is 3.12. The van der Waals surface area contributed by atoms with Gasteiger partial charge in [0, 0.05) is 17.6 Å². The SMILES string of the molecule is Cc1ccc(F)c(C2C(CN)CCN2C2CC2)c1. The lowest BCUT2D eigenvalue weighted by molar-refractivity contribution is 0.215. The zero-order valence-electron chi connectivity index (χ0n) is 10.9. The number of halogens is 1. The summed E-state index contributed by atoms with van der Waals surface area (Å²) in [7, 11) is 0. The molecule has 0 radical (unpaired) electrons. The molecule has 2 fully saturated rings. The Labute approximate surface area is 108 Å². The molecule has 98 valence electrons. The van der Waals surface area contributed by atoms with Gasteiger partial charge in [-0.05, 0) is 51.3 Å². The summed E-state index contributed by atoms with van der Waals surface area (Å²) in [5.74, 6) is 0.332. The van der Waals surface area contributed by atoms with E-state index in [2.05, 4.69) is 4.90 Å². The third-order valence-electron chi connectivity index (χ3n) is 4.35. The molecule has 18 heavy (non-hydrogen) atoms. The van der Waals surface area contributed by atoms with Crippen molar-refractivity contribution in [1.29, 1.82) is 0 Å². The molecule has 0 aromatic heterocycles. The van der Waals surface area contributed by atoms with Crippen molar-refractivity contribution in [3.8, 4) is 0 Å². The average Bonchev–Trinajstić information content (AvgIpc) is 3.12. The normalized spacial score (nSPS) is 28.8. The molecule has 1 saturated heterocycles. The maximum atomic E-state index is 14.1. The number of aryl methyl sites for hydroxylation is 1. The fourth-order valence-corrected chi connectivity index (χ4v) is 3.27. The first kappa shape index (κ1) is 12.1. The van der Waals surface area contributed by atoms with Crippen LogP contribution in [0.1, 0.15) is 36.4 Å². The second-order valence-corrected chi connectivity index (χ2v) is 5.72. The molecule has 2 nitrogen and oxygen atoms in total. The second kappa shape index (κ2) is 4.63. The fourth-order valence-electron chi connectivity index (χ4n) is 3.27. The van der Waals surface area contributed by atoms with Gasteiger partial charge in [0.2, 0.25) is 0 Å². The van der Waals surface area contributed by atoms with E-state index in [9.17, 15) is 4.39 Å². The van der Waals surface area contributed by atoms with Gasteiger partial charge in [0.05, 0.1) is 0 Å². The number of nitrogens with zero attached hydrogens (tertiary/aromatic N) is 1. The van der Waals surface area contributed by atoms with Crippen LogP contribution in [-0.2, 0) is 0 Å². The van der Waals surface area contributed by atoms with E-state index in [4.69, 9.17) is 5.73 Å². The van der Waals surface area contributed by atoms with Gasteiger partial charge < -0.3 is 5.73 Å². The summed E-state index contributed by atoms with van der Waals surface area (Å²) >= 11 is 0. The van der Waals surface area contributed by atoms with Gasteiger partial charge >= 0.3 is 0 Å². The van der Waals surface area contributed by atoms with E-state index in [1.807, 2.05) is 19.1 Å². The summed E-state index contributed by atoms with van der Waals surface area (Å²) in [5.41, 5.74) is 7.87. The maximum Gasteiger partial charge on any atom is 0.128 e. The van der Waals surface area contributed by atoms with Crippen LogP contribution in [-0.4, -0.2) is 24.0 Å². The molecule has 2 aliphatic rings. The van der Waals surface area contributed by atoms with Crippen LogP contribution in [0.5, 0.6) is 0 Å². The summed E-state index contributed by atoms with van der Waals surface area (Å²) in [4.78, 5) is 2.48. The van der Waals surface area contributed by atoms with E-state index >= 15 is 0 Å². The largest absolute Gasteiger partial charge is 0.330 e. The van der Waals surface area contributed by atoms with Crippen molar-refractivity contribution in [1.82, 2.24) is 4.90 Å². The van der Waals surface area contributed by atoms with Crippen molar-refractivity contribution in [3.63, 3.8) is 0 Å². The van der Waals surface area contributed by atoms with E-state index in [0.717, 1.165) is 24.1 Å². The Hall–Kier alpha value is -0.930. The molecule has 1 aliphatic heterocycles. The van der Waals surface area contributed by atoms with Crippen LogP contribution in [0, 0.1) is 18.7 Å². The minimum absolute atomic E-state index is 0.0726. The Morgan fingerprint density at radius 3 is 2.78 bits per heavy atom. The monoisotopic (exact) mass is 248 g/mol. The number of hydrogen-bond donors (Lipinski definition) is 1. The van der Waals surface area contributed by atoms with Crippen LogP contribution >= 0.6 is 0 Å². The smallest absolute Gasteiger partial charge is 0.128 e. The molecule has 2 unspecified atom stereocenters. The molecule has 0 spiro atoms. The van der Waals surface area contributed by atoms with Gasteiger partial charge in [-0.25, -0.2) is 4.39 Å². The van der Waals surface area contributed by atoms with Gasteiger partial charge in [-0.2, -0.15) is 0 Å². The average molecular weight is 248 g/mol. The van der Waals surface area contributed by atoms with Crippen molar-refractivity contribution < 1.29 is 4.39 Å². The van der Waals surface area contributed by atoms with Gasteiger partial charge in [0.15, 0.2) is 0 Å². The lowest BCUT2D eigenvalue weighted by Crippen LogP contribution is -2.30. The predicted molar refractivity (Wildman–Crippen MR) is 70.8 cm³/mol. The van der Waals surface area contributed by atoms with Crippen molar-refractivity contribution in [2.75, 3.05) is 13.1 Å². The Morgan fingerprint density at radius 2 is 2.11 bits per heavy atom. The van der Waals surface area contributed by atoms with Crippen LogP contribution in [0.3, 0.4) is 0 Å². The minimum Gasteiger partial charge on any atom is -0.330 e. The van der Waals surface area contributed by atoms with Crippen LogP contribution in [0.4, 0.5) is 4.39 Å². The molecule has 3 rings (SSSR count).